The first kappa shape index (κ1) is 9.06. The number of carbonyl (C=O) groups is 1. The molecule has 0 N–H and O–H groups in total. The van der Waals surface area contributed by atoms with Gasteiger partial charge >= 0.3 is 0 Å². The average molecular weight is 162 g/mol. The van der Waals surface area contributed by atoms with Crippen molar-refractivity contribution in [2.45, 2.75) is 33.1 Å². The first-order chi connectivity index (χ1) is 5.66. The smallest absolute Gasteiger partial charge is 0.155 e. The van der Waals surface area contributed by atoms with Crippen LogP contribution in [-0.2, 0) is 4.79 Å². The maximum atomic E-state index is 10.9. The quantitative estimate of drug-likeness (QED) is 0.541. The third-order valence-electron chi connectivity index (χ3n) is 2.28. The summed E-state index contributed by atoms with van der Waals surface area (Å²) in [6.45, 7) is 4.00. The zero-order chi connectivity index (χ0) is 9.03. The molecule has 0 saturated carbocycles. The molecule has 0 amide bonds. The van der Waals surface area contributed by atoms with Crippen LogP contribution in [0.3, 0.4) is 0 Å². The summed E-state index contributed by atoms with van der Waals surface area (Å²) in [4.78, 5) is 10.9. The number of ketones is 1. The number of hydrogen-bond acceptors (Lipinski definition) is 1. The highest BCUT2D eigenvalue weighted by Gasteiger charge is 2.24. The third-order valence-corrected chi connectivity index (χ3v) is 2.28. The molecule has 0 saturated heterocycles. The highest BCUT2D eigenvalue weighted by Crippen LogP contribution is 2.32. The third kappa shape index (κ3) is 2.23. The van der Waals surface area contributed by atoms with E-state index in [4.69, 9.17) is 0 Å². The van der Waals surface area contributed by atoms with Crippen LogP contribution in [0.1, 0.15) is 33.1 Å². The van der Waals surface area contributed by atoms with E-state index in [9.17, 15) is 4.79 Å². The van der Waals surface area contributed by atoms with Gasteiger partial charge in [0.1, 0.15) is 0 Å². The molecule has 12 heavy (non-hydrogen) atoms. The lowest BCUT2D eigenvalue weighted by Crippen LogP contribution is -2.18. The van der Waals surface area contributed by atoms with Crippen LogP contribution in [0.25, 0.3) is 0 Å². The topological polar surface area (TPSA) is 17.1 Å². The Balaban J connectivity index is 2.64. The van der Waals surface area contributed by atoms with Gasteiger partial charge in [-0.15, -0.1) is 11.8 Å². The molecule has 0 aliphatic heterocycles. The number of rotatable bonds is 1. The minimum atomic E-state index is 0.136. The summed E-state index contributed by atoms with van der Waals surface area (Å²) in [6, 6.07) is 0. The normalized spacial score (nSPS) is 28.0. The fourth-order valence-electron chi connectivity index (χ4n) is 1.31. The van der Waals surface area contributed by atoms with Gasteiger partial charge in [-0.05, 0) is 24.8 Å². The van der Waals surface area contributed by atoms with E-state index in [1.807, 2.05) is 13.0 Å². The Kier molecular flexibility index (Phi) is 2.70. The Morgan fingerprint density at radius 1 is 1.67 bits per heavy atom. The Bertz CT molecular complexity index is 264. The van der Waals surface area contributed by atoms with Crippen molar-refractivity contribution in [2.75, 3.05) is 0 Å². The Labute approximate surface area is 73.9 Å². The van der Waals surface area contributed by atoms with Crippen LogP contribution in [0.4, 0.5) is 0 Å². The summed E-state index contributed by atoms with van der Waals surface area (Å²) >= 11 is 0. The van der Waals surface area contributed by atoms with E-state index in [2.05, 4.69) is 18.8 Å². The minimum Gasteiger partial charge on any atom is -0.295 e. The molecule has 0 fully saturated rings. The molecule has 1 atom stereocenters. The van der Waals surface area contributed by atoms with Crippen molar-refractivity contribution < 1.29 is 4.79 Å². The minimum absolute atomic E-state index is 0.136. The van der Waals surface area contributed by atoms with Crippen molar-refractivity contribution in [1.82, 2.24) is 0 Å². The molecular formula is C11H14O. The van der Waals surface area contributed by atoms with Gasteiger partial charge in [0.2, 0.25) is 0 Å². The van der Waals surface area contributed by atoms with Gasteiger partial charge in [0.15, 0.2) is 5.78 Å². The summed E-state index contributed by atoms with van der Waals surface area (Å²) < 4.78 is 0. The highest BCUT2D eigenvalue weighted by molar-refractivity contribution is 5.90. The number of hydrogen-bond donors (Lipinski definition) is 0. The van der Waals surface area contributed by atoms with Crippen LogP contribution in [-0.4, -0.2) is 5.78 Å². The highest BCUT2D eigenvalue weighted by atomic mass is 16.1. The summed E-state index contributed by atoms with van der Waals surface area (Å²) in [5.41, 5.74) is 0.136. The van der Waals surface area contributed by atoms with Crippen molar-refractivity contribution in [3.05, 3.63) is 12.2 Å². The van der Waals surface area contributed by atoms with Gasteiger partial charge in [-0.25, -0.2) is 0 Å². The summed E-state index contributed by atoms with van der Waals surface area (Å²) in [6.07, 6.45) is 6.19. The van der Waals surface area contributed by atoms with Crippen molar-refractivity contribution in [3.63, 3.8) is 0 Å². The van der Waals surface area contributed by atoms with E-state index in [1.54, 1.807) is 6.08 Å². The van der Waals surface area contributed by atoms with Crippen LogP contribution in [0.2, 0.25) is 0 Å². The zero-order valence-corrected chi connectivity index (χ0v) is 7.68. The maximum Gasteiger partial charge on any atom is 0.155 e. The summed E-state index contributed by atoms with van der Waals surface area (Å²) in [5, 5.41) is 0. The van der Waals surface area contributed by atoms with E-state index >= 15 is 0 Å². The fourth-order valence-corrected chi connectivity index (χ4v) is 1.31. The van der Waals surface area contributed by atoms with Crippen LogP contribution in [0.5, 0.6) is 0 Å². The van der Waals surface area contributed by atoms with E-state index in [0.29, 0.717) is 6.42 Å². The molecule has 1 unspecified atom stereocenters. The van der Waals surface area contributed by atoms with Gasteiger partial charge in [0.05, 0.1) is 0 Å². The molecule has 1 rings (SSSR count). The first-order valence-corrected chi connectivity index (χ1v) is 4.28. The molecule has 0 aromatic heterocycles. The maximum absolute atomic E-state index is 10.9. The lowest BCUT2D eigenvalue weighted by atomic mass is 9.78. The molecule has 1 aliphatic rings. The van der Waals surface area contributed by atoms with Crippen LogP contribution < -0.4 is 0 Å². The van der Waals surface area contributed by atoms with Gasteiger partial charge < -0.3 is 0 Å². The largest absolute Gasteiger partial charge is 0.295 e. The lowest BCUT2D eigenvalue weighted by Gasteiger charge is -2.25. The van der Waals surface area contributed by atoms with Gasteiger partial charge in [0, 0.05) is 12.8 Å². The van der Waals surface area contributed by atoms with E-state index in [-0.39, 0.29) is 11.2 Å². The Morgan fingerprint density at radius 3 is 2.92 bits per heavy atom. The molecule has 0 spiro atoms. The van der Waals surface area contributed by atoms with Crippen LogP contribution >= 0.6 is 0 Å². The molecule has 0 heterocycles. The van der Waals surface area contributed by atoms with E-state index < -0.39 is 0 Å². The van der Waals surface area contributed by atoms with Crippen LogP contribution in [0, 0.1) is 17.3 Å². The van der Waals surface area contributed by atoms with Crippen molar-refractivity contribution in [2.24, 2.45) is 5.41 Å². The van der Waals surface area contributed by atoms with E-state index in [0.717, 1.165) is 12.8 Å². The molecule has 0 aromatic rings. The second kappa shape index (κ2) is 3.58. The molecular weight excluding hydrogens is 148 g/mol. The predicted molar refractivity (Wildman–Crippen MR) is 49.6 cm³/mol. The van der Waals surface area contributed by atoms with Crippen molar-refractivity contribution >= 4 is 5.78 Å². The van der Waals surface area contributed by atoms with Gasteiger partial charge in [-0.2, -0.15) is 0 Å². The molecule has 1 heteroatoms. The van der Waals surface area contributed by atoms with Crippen molar-refractivity contribution in [3.8, 4) is 11.8 Å². The second-order valence-electron chi connectivity index (χ2n) is 3.56. The first-order valence-electron chi connectivity index (χ1n) is 4.28. The SMILES string of the molecule is CC#CCC1(C)C=CC(=O)CC1. The van der Waals surface area contributed by atoms with Gasteiger partial charge in [0.25, 0.3) is 0 Å². The molecule has 1 aliphatic carbocycles. The molecule has 1 nitrogen and oxygen atoms in total. The van der Waals surface area contributed by atoms with Crippen LogP contribution in [0.15, 0.2) is 12.2 Å². The Morgan fingerprint density at radius 2 is 2.42 bits per heavy atom. The number of allylic oxidation sites excluding steroid dienone is 2. The molecule has 64 valence electrons. The molecule has 0 radical (unpaired) electrons. The summed E-state index contributed by atoms with van der Waals surface area (Å²) in [7, 11) is 0. The second-order valence-corrected chi connectivity index (χ2v) is 3.56. The van der Waals surface area contributed by atoms with Gasteiger partial charge in [-0.3, -0.25) is 4.79 Å². The van der Waals surface area contributed by atoms with Gasteiger partial charge in [-0.1, -0.05) is 13.0 Å². The lowest BCUT2D eigenvalue weighted by molar-refractivity contribution is -0.115. The summed E-state index contributed by atoms with van der Waals surface area (Å²) in [5.74, 6) is 6.19. The fraction of sp³-hybridized carbons (Fsp3) is 0.545. The predicted octanol–water partition coefficient (Wildman–Crippen LogP) is 2.33. The molecule has 0 aromatic carbocycles. The van der Waals surface area contributed by atoms with Crippen molar-refractivity contribution in [1.29, 1.82) is 0 Å². The number of carbonyl (C=O) groups excluding carboxylic acids is 1. The molecule has 0 bridgehead atoms. The monoisotopic (exact) mass is 162 g/mol. The average Bonchev–Trinajstić information content (AvgIpc) is 2.08. The zero-order valence-electron chi connectivity index (χ0n) is 7.68. The Hall–Kier alpha value is -1.03. The van der Waals surface area contributed by atoms with E-state index in [1.165, 1.54) is 0 Å². The standard InChI is InChI=1S/C11H14O/c1-3-4-7-11(2)8-5-10(12)6-9-11/h5,8H,6-7,9H2,1-2H3.